The number of carbonyl (C=O) groups is 7. The Bertz CT molecular complexity index is 1460. The summed E-state index contributed by atoms with van der Waals surface area (Å²) in [6, 6.07) is 2.09. The molecule has 7 amide bonds. The molecule has 2 heterocycles. The second-order valence-electron chi connectivity index (χ2n) is 12.7. The molecule has 1 aromatic rings. The normalized spacial score (nSPS) is 29.3. The molecule has 0 unspecified atom stereocenters. The van der Waals surface area contributed by atoms with Crippen LogP contribution in [-0.2, 0) is 49.5 Å². The number of benzene rings is 1. The Morgan fingerprint density at radius 1 is 0.852 bits per heavy atom. The van der Waals surface area contributed by atoms with Gasteiger partial charge >= 0.3 is 0 Å². The maximum Gasteiger partial charge on any atom is 0.245 e. The van der Waals surface area contributed by atoms with Crippen LogP contribution in [0.3, 0.4) is 0 Å². The molecule has 9 atom stereocenters. The summed E-state index contributed by atoms with van der Waals surface area (Å²) in [4.78, 5) is 91.6. The zero-order valence-corrected chi connectivity index (χ0v) is 30.6. The van der Waals surface area contributed by atoms with E-state index in [1.165, 1.54) is 0 Å². The summed E-state index contributed by atoms with van der Waals surface area (Å²) in [5.41, 5.74) is 6.31. The van der Waals surface area contributed by atoms with E-state index in [9.17, 15) is 48.9 Å². The summed E-state index contributed by atoms with van der Waals surface area (Å²) in [7, 11) is 0. The first-order valence-electron chi connectivity index (χ1n) is 17.4. The Morgan fingerprint density at radius 2 is 1.44 bits per heavy atom. The fourth-order valence-corrected chi connectivity index (χ4v) is 5.88. The van der Waals surface area contributed by atoms with Crippen molar-refractivity contribution in [1.29, 1.82) is 0 Å². The number of unbranched alkanes of at least 4 members (excludes halogenated alkanes) is 1. The van der Waals surface area contributed by atoms with Gasteiger partial charge in [-0.1, -0.05) is 30.3 Å². The van der Waals surface area contributed by atoms with E-state index in [-0.39, 0.29) is 25.1 Å². The first-order chi connectivity index (χ1) is 25.8. The topological polar surface area (TPSA) is 309 Å². The molecule has 0 radical (unpaired) electrons. The van der Waals surface area contributed by atoms with Crippen LogP contribution in [0.5, 0.6) is 0 Å². The molecule has 0 bridgehead atoms. The molecule has 3 rings (SSSR count). The number of carbonyl (C=O) groups excluding carboxylic acids is 7. The van der Waals surface area contributed by atoms with Crippen LogP contribution in [0.25, 0.3) is 0 Å². The second kappa shape index (κ2) is 22.1. The van der Waals surface area contributed by atoms with Crippen molar-refractivity contribution in [3.8, 4) is 0 Å². The highest BCUT2D eigenvalue weighted by Gasteiger charge is 2.46. The molecule has 0 aliphatic carbocycles. The molecule has 0 saturated carbocycles. The molecule has 2 aliphatic rings. The molecule has 1 aromatic carbocycles. The number of nitrogens with two attached hydrogens (primary N) is 1. The van der Waals surface area contributed by atoms with Gasteiger partial charge in [0, 0.05) is 19.1 Å². The van der Waals surface area contributed by atoms with Crippen molar-refractivity contribution in [2.24, 2.45) is 5.73 Å². The number of amides is 7. The van der Waals surface area contributed by atoms with Gasteiger partial charge in [-0.2, -0.15) is 12.6 Å². The van der Waals surface area contributed by atoms with Crippen molar-refractivity contribution in [3.05, 3.63) is 35.9 Å². The van der Waals surface area contributed by atoms with Crippen molar-refractivity contribution in [2.45, 2.75) is 87.4 Å². The fourth-order valence-electron chi connectivity index (χ4n) is 5.62. The quantitative estimate of drug-likeness (QED) is 0.0697. The lowest BCUT2D eigenvalue weighted by Crippen LogP contribution is -2.65. The lowest BCUT2D eigenvalue weighted by atomic mass is 9.97. The van der Waals surface area contributed by atoms with Crippen LogP contribution in [-0.4, -0.2) is 150 Å². The van der Waals surface area contributed by atoms with E-state index in [0.717, 1.165) is 6.92 Å². The number of thiol groups is 1. The summed E-state index contributed by atoms with van der Waals surface area (Å²) >= 11 is 4.15. The van der Waals surface area contributed by atoms with Gasteiger partial charge in [0.05, 0.1) is 26.3 Å². The van der Waals surface area contributed by atoms with Crippen LogP contribution in [0.2, 0.25) is 0 Å². The number of aliphatic hydroxyl groups excluding tert-OH is 3. The highest BCUT2D eigenvalue weighted by molar-refractivity contribution is 7.80. The SMILES string of the molecule is CC(=O)N[C@H]1[C@@H](OC[C@@H]2NC(=O)CNC(=O)[C@H](CS)NC(=O)[C@H](Cc3ccccc3)NC(=O)CNC(=O)[C@H](CCCCN)NC2=O)O[C@H](CO)[C@H](O)[C@@H]1O. The Kier molecular flexibility index (Phi) is 18.0. The van der Waals surface area contributed by atoms with E-state index in [2.05, 4.69) is 49.8 Å². The molecule has 20 nitrogen and oxygen atoms in total. The van der Waals surface area contributed by atoms with E-state index in [1.54, 1.807) is 30.3 Å². The molecule has 0 aromatic heterocycles. The molecular formula is C33H50N8O12S. The molecule has 21 heteroatoms. The highest BCUT2D eigenvalue weighted by Crippen LogP contribution is 2.22. The summed E-state index contributed by atoms with van der Waals surface area (Å²) in [6.07, 6.45) is -5.22. The number of hydrogen-bond acceptors (Lipinski definition) is 14. The van der Waals surface area contributed by atoms with Crippen molar-refractivity contribution in [1.82, 2.24) is 37.2 Å². The Balaban J connectivity index is 1.89. The summed E-state index contributed by atoms with van der Waals surface area (Å²) in [5, 5.41) is 47.9. The Morgan fingerprint density at radius 3 is 2.04 bits per heavy atom. The summed E-state index contributed by atoms with van der Waals surface area (Å²) in [5.74, 6) is -5.72. The average Bonchev–Trinajstić information content (AvgIpc) is 3.15. The lowest BCUT2D eigenvalue weighted by molar-refractivity contribution is -0.271. The molecule has 2 fully saturated rings. The number of rotatable bonds is 12. The largest absolute Gasteiger partial charge is 0.394 e. The predicted octanol–water partition coefficient (Wildman–Crippen LogP) is -5.57. The van der Waals surface area contributed by atoms with Crippen LogP contribution in [0, 0.1) is 0 Å². The van der Waals surface area contributed by atoms with E-state index in [1.807, 2.05) is 0 Å². The van der Waals surface area contributed by atoms with Crippen LogP contribution >= 0.6 is 12.6 Å². The predicted molar refractivity (Wildman–Crippen MR) is 192 cm³/mol. The van der Waals surface area contributed by atoms with Crippen molar-refractivity contribution >= 4 is 54.0 Å². The molecule has 2 aliphatic heterocycles. The smallest absolute Gasteiger partial charge is 0.245 e. The minimum atomic E-state index is -1.67. The minimum Gasteiger partial charge on any atom is -0.394 e. The number of nitrogens with one attached hydrogen (secondary N) is 7. The second-order valence-corrected chi connectivity index (χ2v) is 13.1. The van der Waals surface area contributed by atoms with E-state index >= 15 is 0 Å². The van der Waals surface area contributed by atoms with Crippen molar-refractivity contribution in [3.63, 3.8) is 0 Å². The zero-order valence-electron chi connectivity index (χ0n) is 29.7. The van der Waals surface area contributed by atoms with Gasteiger partial charge in [-0.3, -0.25) is 33.6 Å². The highest BCUT2D eigenvalue weighted by atomic mass is 32.1. The minimum absolute atomic E-state index is 0.0363. The van der Waals surface area contributed by atoms with Gasteiger partial charge in [0.2, 0.25) is 41.4 Å². The number of aliphatic hydroxyl groups is 3. The van der Waals surface area contributed by atoms with Crippen LogP contribution in [0.1, 0.15) is 31.7 Å². The summed E-state index contributed by atoms with van der Waals surface area (Å²) < 4.78 is 11.3. The van der Waals surface area contributed by atoms with Gasteiger partial charge in [-0.25, -0.2) is 0 Å². The molecular weight excluding hydrogens is 732 g/mol. The van der Waals surface area contributed by atoms with Gasteiger partial charge in [0.1, 0.15) is 48.5 Å². The Hall–Kier alpha value is -4.38. The first-order valence-corrected chi connectivity index (χ1v) is 18.0. The maximum atomic E-state index is 13.7. The Labute approximate surface area is 316 Å². The summed E-state index contributed by atoms with van der Waals surface area (Å²) in [6.45, 7) is -1.32. The maximum absolute atomic E-state index is 13.7. The standard InChI is InChI=1S/C33H50N8O12S/c1-17(43)37-26-28(47)27(46)23(14-42)53-33(26)52-15-21-32(51)40-19(9-5-6-10-34)29(48)35-12-24(44)38-20(11-18-7-3-2-4-8-18)31(50)41-22(16-54)30(49)36-13-25(45)39-21/h2-4,7-8,19-23,26-28,33,42,46-47,54H,5-6,9-16,34H2,1H3,(H,35,48)(H,36,49)(H,37,43)(H,38,44)(H,39,45)(H,40,51)(H,41,50)/t19-,20-,21-,22-,23+,26+,27-,28+,33-/m0/s1. The lowest BCUT2D eigenvalue weighted by Gasteiger charge is -2.42. The number of ether oxygens (including phenoxy) is 2. The van der Waals surface area contributed by atoms with Crippen molar-refractivity contribution < 1.29 is 58.4 Å². The van der Waals surface area contributed by atoms with Crippen LogP contribution < -0.4 is 43.0 Å². The molecule has 0 spiro atoms. The first kappa shape index (κ1) is 44.0. The molecule has 12 N–H and O–H groups in total. The molecule has 2 saturated heterocycles. The van der Waals surface area contributed by atoms with E-state index in [0.29, 0.717) is 18.4 Å². The van der Waals surface area contributed by atoms with Crippen LogP contribution in [0.4, 0.5) is 0 Å². The van der Waals surface area contributed by atoms with Crippen LogP contribution in [0.15, 0.2) is 30.3 Å². The van der Waals surface area contributed by atoms with E-state index < -0.39 is 122 Å². The third kappa shape index (κ3) is 13.5. The third-order valence-corrected chi connectivity index (χ3v) is 8.87. The van der Waals surface area contributed by atoms with E-state index in [4.69, 9.17) is 15.2 Å². The molecule has 300 valence electrons. The van der Waals surface area contributed by atoms with Gasteiger partial charge in [-0.05, 0) is 31.4 Å². The van der Waals surface area contributed by atoms with Gasteiger partial charge in [0.25, 0.3) is 0 Å². The average molecular weight is 783 g/mol. The number of hydrogen-bond donors (Lipinski definition) is 12. The van der Waals surface area contributed by atoms with Gasteiger partial charge < -0.3 is 67.7 Å². The van der Waals surface area contributed by atoms with Gasteiger partial charge in [0.15, 0.2) is 6.29 Å². The van der Waals surface area contributed by atoms with Crippen molar-refractivity contribution in [2.75, 3.05) is 38.6 Å². The monoisotopic (exact) mass is 782 g/mol. The van der Waals surface area contributed by atoms with Gasteiger partial charge in [-0.15, -0.1) is 0 Å². The fraction of sp³-hybridized carbons (Fsp3) is 0.606. The molecule has 54 heavy (non-hydrogen) atoms. The zero-order chi connectivity index (χ0) is 39.8. The third-order valence-electron chi connectivity index (χ3n) is 8.51.